The molecule has 4 atom stereocenters. The van der Waals surface area contributed by atoms with Crippen molar-refractivity contribution < 1.29 is 19.7 Å². The van der Waals surface area contributed by atoms with Crippen molar-refractivity contribution in [3.05, 3.63) is 0 Å². The topological polar surface area (TPSA) is 82.0 Å². The molecule has 7 heteroatoms. The van der Waals surface area contributed by atoms with Crippen molar-refractivity contribution in [3.8, 4) is 0 Å². The number of hydrogen-bond acceptors (Lipinski definition) is 5. The van der Waals surface area contributed by atoms with Gasteiger partial charge >= 0.3 is 0 Å². The number of amides is 1. The Morgan fingerprint density at radius 3 is 2.94 bits per heavy atom. The third kappa shape index (κ3) is 2.42. The molecule has 2 aliphatic rings. The molecule has 1 unspecified atom stereocenters. The van der Waals surface area contributed by atoms with Crippen molar-refractivity contribution in [2.24, 2.45) is 5.92 Å². The van der Waals surface area contributed by atoms with Crippen molar-refractivity contribution in [3.63, 3.8) is 0 Å². The Morgan fingerprint density at radius 2 is 2.35 bits per heavy atom. The van der Waals surface area contributed by atoms with Gasteiger partial charge in [0, 0.05) is 13.0 Å². The second kappa shape index (κ2) is 4.85. The maximum absolute atomic E-state index is 11.4. The van der Waals surface area contributed by atoms with E-state index in [0.717, 1.165) is 0 Å². The Morgan fingerprint density at radius 1 is 1.65 bits per heavy atom. The highest BCUT2D eigenvalue weighted by Crippen LogP contribution is 2.25. The molecule has 2 saturated heterocycles. The monoisotopic (exact) mass is 260 g/mol. The van der Waals surface area contributed by atoms with E-state index in [9.17, 15) is 9.90 Å². The molecule has 2 heterocycles. The number of carbonyl (C=O) groups excluding carboxylic acids is 1. The van der Waals surface area contributed by atoms with E-state index in [2.05, 4.69) is 5.32 Å². The molecule has 1 amide bonds. The largest absolute Gasteiger partial charge is 0.394 e. The first-order chi connectivity index (χ1) is 8.02. The smallest absolute Gasteiger partial charge is 0.230 e. The van der Waals surface area contributed by atoms with Gasteiger partial charge in [-0.25, -0.2) is 0 Å². The summed E-state index contributed by atoms with van der Waals surface area (Å²) in [6.45, 7) is 2.05. The zero-order valence-corrected chi connectivity index (χ0v) is 10.3. The highest BCUT2D eigenvalue weighted by atomic mass is 32.1. The number of thiocarbonyl (C=S) groups is 1. The second-order valence-corrected chi connectivity index (χ2v) is 4.85. The molecule has 2 rings (SSSR count). The van der Waals surface area contributed by atoms with Gasteiger partial charge in [0.15, 0.2) is 5.11 Å². The van der Waals surface area contributed by atoms with Gasteiger partial charge in [0.05, 0.1) is 18.6 Å². The molecular weight excluding hydrogens is 244 g/mol. The lowest BCUT2D eigenvalue weighted by atomic mass is 10.1. The number of ether oxygens (including phenoxy) is 1. The van der Waals surface area contributed by atoms with Crippen LogP contribution >= 0.6 is 12.2 Å². The summed E-state index contributed by atoms with van der Waals surface area (Å²) in [5, 5.41) is 21.6. The van der Waals surface area contributed by atoms with E-state index in [0.29, 0.717) is 18.1 Å². The van der Waals surface area contributed by atoms with Gasteiger partial charge in [-0.15, -0.1) is 0 Å². The zero-order chi connectivity index (χ0) is 12.6. The average molecular weight is 260 g/mol. The summed E-state index contributed by atoms with van der Waals surface area (Å²) in [6.07, 6.45) is -1.26. The van der Waals surface area contributed by atoms with Gasteiger partial charge in [-0.1, -0.05) is 6.92 Å². The molecule has 17 heavy (non-hydrogen) atoms. The molecule has 3 N–H and O–H groups in total. The quantitative estimate of drug-likeness (QED) is 0.542. The van der Waals surface area contributed by atoms with E-state index in [4.69, 9.17) is 22.1 Å². The third-order valence-electron chi connectivity index (χ3n) is 3.14. The number of carbonyl (C=O) groups is 1. The van der Waals surface area contributed by atoms with Crippen molar-refractivity contribution in [2.45, 2.75) is 31.8 Å². The minimum atomic E-state index is -0.694. The maximum atomic E-state index is 11.4. The number of aliphatic hydroxyl groups is 2. The molecular formula is C10H16N2O4S. The van der Waals surface area contributed by atoms with Crippen LogP contribution in [0.5, 0.6) is 0 Å². The van der Waals surface area contributed by atoms with Crippen molar-refractivity contribution in [2.75, 3.05) is 13.2 Å². The lowest BCUT2D eigenvalue weighted by Crippen LogP contribution is -2.57. The summed E-state index contributed by atoms with van der Waals surface area (Å²) in [4.78, 5) is 13.1. The van der Waals surface area contributed by atoms with Gasteiger partial charge in [-0.3, -0.25) is 4.79 Å². The Bertz CT molecular complexity index is 338. The molecule has 0 aromatic heterocycles. The molecule has 0 saturated carbocycles. The van der Waals surface area contributed by atoms with E-state index in [1.54, 1.807) is 11.8 Å². The maximum Gasteiger partial charge on any atom is 0.230 e. The van der Waals surface area contributed by atoms with E-state index in [1.165, 1.54) is 0 Å². The van der Waals surface area contributed by atoms with Crippen LogP contribution in [0.15, 0.2) is 0 Å². The molecule has 0 spiro atoms. The Labute approximate surface area is 105 Å². The lowest BCUT2D eigenvalue weighted by Gasteiger charge is -2.36. The van der Waals surface area contributed by atoms with Crippen LogP contribution in [-0.2, 0) is 9.53 Å². The standard InChI is InChI=1S/C10H16N2O4S/c1-5-3-12(10(17)11-9(5)15)8-2-6(14)7(4-13)16-8/h5-8,13-14H,2-4H2,1H3,(H,11,15,17)/t5?,6-,7+,8+/m0/s1. The average Bonchev–Trinajstić information content (AvgIpc) is 2.65. The minimum absolute atomic E-state index is 0.0940. The van der Waals surface area contributed by atoms with Crippen LogP contribution in [-0.4, -0.2) is 57.7 Å². The van der Waals surface area contributed by atoms with Gasteiger partial charge < -0.3 is 25.2 Å². The van der Waals surface area contributed by atoms with Crippen LogP contribution < -0.4 is 5.32 Å². The molecule has 0 aromatic carbocycles. The fraction of sp³-hybridized carbons (Fsp3) is 0.800. The summed E-state index contributed by atoms with van der Waals surface area (Å²) in [5.41, 5.74) is 0. The van der Waals surface area contributed by atoms with Crippen LogP contribution in [0.1, 0.15) is 13.3 Å². The van der Waals surface area contributed by atoms with Gasteiger partial charge in [-0.2, -0.15) is 0 Å². The van der Waals surface area contributed by atoms with Crippen molar-refractivity contribution in [1.29, 1.82) is 0 Å². The molecule has 2 aliphatic heterocycles. The summed E-state index contributed by atoms with van der Waals surface area (Å²) < 4.78 is 5.50. The van der Waals surface area contributed by atoms with Gasteiger partial charge in [0.25, 0.3) is 0 Å². The number of hydrogen-bond donors (Lipinski definition) is 3. The number of nitrogens with zero attached hydrogens (tertiary/aromatic N) is 1. The van der Waals surface area contributed by atoms with Crippen LogP contribution in [0.3, 0.4) is 0 Å². The van der Waals surface area contributed by atoms with Gasteiger partial charge in [-0.05, 0) is 12.2 Å². The van der Waals surface area contributed by atoms with Gasteiger partial charge in [0.1, 0.15) is 12.3 Å². The highest BCUT2D eigenvalue weighted by Gasteiger charge is 2.40. The minimum Gasteiger partial charge on any atom is -0.394 e. The fourth-order valence-electron chi connectivity index (χ4n) is 2.08. The van der Waals surface area contributed by atoms with Crippen molar-refractivity contribution in [1.82, 2.24) is 10.2 Å². The Hall–Kier alpha value is -0.760. The summed E-state index contributed by atoms with van der Waals surface area (Å²) >= 11 is 5.08. The third-order valence-corrected chi connectivity index (χ3v) is 3.48. The molecule has 0 aromatic rings. The van der Waals surface area contributed by atoms with E-state index < -0.39 is 12.2 Å². The van der Waals surface area contributed by atoms with E-state index in [1.807, 2.05) is 0 Å². The summed E-state index contributed by atoms with van der Waals surface area (Å²) in [5.74, 6) is -0.265. The van der Waals surface area contributed by atoms with Gasteiger partial charge in [0.2, 0.25) is 5.91 Å². The summed E-state index contributed by atoms with van der Waals surface area (Å²) in [7, 11) is 0. The van der Waals surface area contributed by atoms with E-state index in [-0.39, 0.29) is 24.7 Å². The fourth-order valence-corrected chi connectivity index (χ4v) is 2.37. The lowest BCUT2D eigenvalue weighted by molar-refractivity contribution is -0.126. The number of aliphatic hydroxyl groups excluding tert-OH is 2. The SMILES string of the molecule is CC1CN([C@H]2C[C@H](O)[C@@H](CO)O2)C(=S)NC1=O. The Kier molecular flexibility index (Phi) is 3.62. The Balaban J connectivity index is 2.03. The normalized spacial score (nSPS) is 38.4. The van der Waals surface area contributed by atoms with Crippen LogP contribution in [0.2, 0.25) is 0 Å². The molecule has 2 fully saturated rings. The zero-order valence-electron chi connectivity index (χ0n) is 9.50. The highest BCUT2D eigenvalue weighted by molar-refractivity contribution is 7.80. The van der Waals surface area contributed by atoms with Crippen LogP contribution in [0.4, 0.5) is 0 Å². The first-order valence-corrected chi connectivity index (χ1v) is 5.99. The van der Waals surface area contributed by atoms with E-state index >= 15 is 0 Å². The molecule has 0 aliphatic carbocycles. The predicted molar refractivity (Wildman–Crippen MR) is 63.0 cm³/mol. The second-order valence-electron chi connectivity index (χ2n) is 4.46. The first-order valence-electron chi connectivity index (χ1n) is 5.58. The van der Waals surface area contributed by atoms with Crippen LogP contribution in [0, 0.1) is 5.92 Å². The summed E-state index contributed by atoms with van der Waals surface area (Å²) in [6, 6.07) is 0. The molecule has 0 radical (unpaired) electrons. The molecule has 0 bridgehead atoms. The van der Waals surface area contributed by atoms with Crippen molar-refractivity contribution >= 4 is 23.2 Å². The predicted octanol–water partition coefficient (Wildman–Crippen LogP) is -1.19. The van der Waals surface area contributed by atoms with Crippen LogP contribution in [0.25, 0.3) is 0 Å². The number of rotatable bonds is 2. The molecule has 6 nitrogen and oxygen atoms in total. The number of nitrogens with one attached hydrogen (secondary N) is 1. The first kappa shape index (κ1) is 12.7. The molecule has 96 valence electrons.